The van der Waals surface area contributed by atoms with Gasteiger partial charge < -0.3 is 15.5 Å². The van der Waals surface area contributed by atoms with Crippen LogP contribution in [0.3, 0.4) is 0 Å². The first-order valence-electron chi connectivity index (χ1n) is 9.27. The molecule has 0 aliphatic heterocycles. The zero-order chi connectivity index (χ0) is 19.5. The van der Waals surface area contributed by atoms with Gasteiger partial charge in [-0.15, -0.1) is 0 Å². The van der Waals surface area contributed by atoms with Crippen molar-refractivity contribution in [1.29, 1.82) is 0 Å². The molecule has 3 N–H and O–H groups in total. The monoisotopic (exact) mass is 375 g/mol. The molecule has 0 bridgehead atoms. The third-order valence-electron chi connectivity index (χ3n) is 4.73. The SMILES string of the molecule is Cc1cc2c(OC(CN)Cc3cncc(-c4cccc(F)c4)c3)cccc2[nH]1. The first-order valence-corrected chi connectivity index (χ1v) is 9.27. The smallest absolute Gasteiger partial charge is 0.129 e. The Hall–Kier alpha value is -3.18. The third kappa shape index (κ3) is 3.89. The summed E-state index contributed by atoms with van der Waals surface area (Å²) in [5, 5.41) is 1.05. The van der Waals surface area contributed by atoms with Gasteiger partial charge in [0.25, 0.3) is 0 Å². The van der Waals surface area contributed by atoms with E-state index in [0.29, 0.717) is 13.0 Å². The molecule has 4 aromatic rings. The van der Waals surface area contributed by atoms with Crippen molar-refractivity contribution < 1.29 is 9.13 Å². The minimum absolute atomic E-state index is 0.189. The Morgan fingerprint density at radius 3 is 2.75 bits per heavy atom. The largest absolute Gasteiger partial charge is 0.488 e. The molecule has 5 heteroatoms. The zero-order valence-corrected chi connectivity index (χ0v) is 15.7. The Kier molecular flexibility index (Phi) is 5.08. The zero-order valence-electron chi connectivity index (χ0n) is 15.7. The second-order valence-corrected chi connectivity index (χ2v) is 6.94. The second kappa shape index (κ2) is 7.82. The maximum absolute atomic E-state index is 13.5. The van der Waals surface area contributed by atoms with Gasteiger partial charge in [-0.3, -0.25) is 4.98 Å². The minimum atomic E-state index is -0.263. The number of benzene rings is 2. The quantitative estimate of drug-likeness (QED) is 0.517. The summed E-state index contributed by atoms with van der Waals surface area (Å²) in [6, 6.07) is 16.5. The molecule has 2 heterocycles. The van der Waals surface area contributed by atoms with E-state index < -0.39 is 0 Å². The summed E-state index contributed by atoms with van der Waals surface area (Å²) in [6.45, 7) is 2.40. The number of halogens is 1. The number of aromatic amines is 1. The number of H-pyrrole nitrogens is 1. The fourth-order valence-corrected chi connectivity index (χ4v) is 3.41. The maximum atomic E-state index is 13.5. The Balaban J connectivity index is 1.56. The molecular weight excluding hydrogens is 353 g/mol. The molecule has 1 unspecified atom stereocenters. The number of aryl methyl sites for hydroxylation is 1. The molecule has 0 fully saturated rings. The molecule has 4 rings (SSSR count). The fourth-order valence-electron chi connectivity index (χ4n) is 3.41. The lowest BCUT2D eigenvalue weighted by Gasteiger charge is -2.18. The summed E-state index contributed by atoms with van der Waals surface area (Å²) >= 11 is 0. The Morgan fingerprint density at radius 2 is 1.93 bits per heavy atom. The van der Waals surface area contributed by atoms with E-state index in [1.807, 2.05) is 37.3 Å². The van der Waals surface area contributed by atoms with Gasteiger partial charge in [-0.25, -0.2) is 4.39 Å². The van der Waals surface area contributed by atoms with Gasteiger partial charge in [0.15, 0.2) is 0 Å². The van der Waals surface area contributed by atoms with Crippen molar-refractivity contribution in [3.05, 3.63) is 84.1 Å². The summed E-state index contributed by atoms with van der Waals surface area (Å²) in [7, 11) is 0. The van der Waals surface area contributed by atoms with Crippen LogP contribution in [0.2, 0.25) is 0 Å². The molecule has 2 aromatic carbocycles. The number of fused-ring (bicyclic) bond motifs is 1. The van der Waals surface area contributed by atoms with Gasteiger partial charge >= 0.3 is 0 Å². The van der Waals surface area contributed by atoms with Crippen molar-refractivity contribution in [2.45, 2.75) is 19.4 Å². The molecule has 0 aliphatic rings. The maximum Gasteiger partial charge on any atom is 0.129 e. The van der Waals surface area contributed by atoms with Crippen molar-refractivity contribution in [3.8, 4) is 16.9 Å². The molecule has 0 aliphatic carbocycles. The highest BCUT2D eigenvalue weighted by Gasteiger charge is 2.14. The molecule has 28 heavy (non-hydrogen) atoms. The highest BCUT2D eigenvalue weighted by atomic mass is 19.1. The predicted octanol–water partition coefficient (Wildman–Crippen LogP) is 4.63. The number of rotatable bonds is 6. The number of nitrogens with zero attached hydrogens (tertiary/aromatic N) is 1. The van der Waals surface area contributed by atoms with Crippen LogP contribution < -0.4 is 10.5 Å². The van der Waals surface area contributed by atoms with Crippen LogP contribution in [0.4, 0.5) is 4.39 Å². The standard InChI is InChI=1S/C23H22FN3O/c1-15-8-21-22(27-15)6-3-7-23(21)28-20(12-25)10-16-9-18(14-26-13-16)17-4-2-5-19(24)11-17/h2-9,11,13-14,20,27H,10,12,25H2,1H3. The van der Waals surface area contributed by atoms with Crippen LogP contribution in [0, 0.1) is 12.7 Å². The van der Waals surface area contributed by atoms with E-state index in [2.05, 4.69) is 16.0 Å². The van der Waals surface area contributed by atoms with E-state index in [9.17, 15) is 4.39 Å². The molecule has 1 atom stereocenters. The predicted molar refractivity (Wildman–Crippen MR) is 110 cm³/mol. The molecule has 0 saturated carbocycles. The Morgan fingerprint density at radius 1 is 1.07 bits per heavy atom. The van der Waals surface area contributed by atoms with E-state index in [4.69, 9.17) is 10.5 Å². The van der Waals surface area contributed by atoms with Gasteiger partial charge in [-0.2, -0.15) is 0 Å². The van der Waals surface area contributed by atoms with Crippen molar-refractivity contribution in [3.63, 3.8) is 0 Å². The Labute approximate surface area is 163 Å². The van der Waals surface area contributed by atoms with E-state index in [-0.39, 0.29) is 11.9 Å². The van der Waals surface area contributed by atoms with Gasteiger partial charge in [-0.05, 0) is 54.4 Å². The molecular formula is C23H22FN3O. The molecule has 0 radical (unpaired) electrons. The lowest BCUT2D eigenvalue weighted by atomic mass is 10.0. The normalized spacial score (nSPS) is 12.2. The van der Waals surface area contributed by atoms with Crippen molar-refractivity contribution >= 4 is 10.9 Å². The van der Waals surface area contributed by atoms with Crippen LogP contribution in [-0.4, -0.2) is 22.6 Å². The number of pyridine rings is 1. The van der Waals surface area contributed by atoms with Crippen LogP contribution in [-0.2, 0) is 6.42 Å². The molecule has 142 valence electrons. The summed E-state index contributed by atoms with van der Waals surface area (Å²) in [5.41, 5.74) is 10.8. The molecule has 0 amide bonds. The van der Waals surface area contributed by atoms with Gasteiger partial charge in [0.2, 0.25) is 0 Å². The Bertz CT molecular complexity index is 1110. The summed E-state index contributed by atoms with van der Waals surface area (Å²) in [4.78, 5) is 7.63. The van der Waals surface area contributed by atoms with Crippen LogP contribution in [0.25, 0.3) is 22.0 Å². The molecule has 0 saturated heterocycles. The number of ether oxygens (including phenoxy) is 1. The van der Waals surface area contributed by atoms with Gasteiger partial charge in [0.05, 0.1) is 0 Å². The van der Waals surface area contributed by atoms with E-state index >= 15 is 0 Å². The summed E-state index contributed by atoms with van der Waals surface area (Å²) in [5.74, 6) is 0.549. The fraction of sp³-hybridized carbons (Fsp3) is 0.174. The van der Waals surface area contributed by atoms with Crippen LogP contribution >= 0.6 is 0 Å². The average molecular weight is 375 g/mol. The number of nitrogens with two attached hydrogens (primary N) is 1. The third-order valence-corrected chi connectivity index (χ3v) is 4.73. The topological polar surface area (TPSA) is 63.9 Å². The van der Waals surface area contributed by atoms with E-state index in [1.54, 1.807) is 18.5 Å². The minimum Gasteiger partial charge on any atom is -0.488 e. The second-order valence-electron chi connectivity index (χ2n) is 6.94. The average Bonchev–Trinajstić information content (AvgIpc) is 3.09. The number of aromatic nitrogens is 2. The molecule has 2 aromatic heterocycles. The van der Waals surface area contributed by atoms with Crippen LogP contribution in [0.5, 0.6) is 5.75 Å². The number of nitrogens with one attached hydrogen (secondary N) is 1. The van der Waals surface area contributed by atoms with E-state index in [1.165, 1.54) is 12.1 Å². The molecule has 0 spiro atoms. The highest BCUT2D eigenvalue weighted by molar-refractivity contribution is 5.86. The van der Waals surface area contributed by atoms with Gasteiger partial charge in [0.1, 0.15) is 17.7 Å². The van der Waals surface area contributed by atoms with Crippen LogP contribution in [0.1, 0.15) is 11.3 Å². The number of hydrogen-bond donors (Lipinski definition) is 2. The first kappa shape index (κ1) is 18.2. The van der Waals surface area contributed by atoms with Crippen LogP contribution in [0.15, 0.2) is 67.0 Å². The van der Waals surface area contributed by atoms with Gasteiger partial charge in [-0.1, -0.05) is 18.2 Å². The van der Waals surface area contributed by atoms with E-state index in [0.717, 1.165) is 39.0 Å². The molecule has 4 nitrogen and oxygen atoms in total. The highest BCUT2D eigenvalue weighted by Crippen LogP contribution is 2.28. The van der Waals surface area contributed by atoms with Gasteiger partial charge in [0, 0.05) is 47.5 Å². The lowest BCUT2D eigenvalue weighted by molar-refractivity contribution is 0.212. The summed E-state index contributed by atoms with van der Waals surface area (Å²) in [6.07, 6.45) is 3.97. The number of hydrogen-bond acceptors (Lipinski definition) is 3. The first-order chi connectivity index (χ1) is 13.6. The van der Waals surface area contributed by atoms with Crippen molar-refractivity contribution in [1.82, 2.24) is 9.97 Å². The van der Waals surface area contributed by atoms with Crippen molar-refractivity contribution in [2.75, 3.05) is 6.54 Å². The van der Waals surface area contributed by atoms with Crippen molar-refractivity contribution in [2.24, 2.45) is 5.73 Å². The summed E-state index contributed by atoms with van der Waals surface area (Å²) < 4.78 is 19.8. The lowest BCUT2D eigenvalue weighted by Crippen LogP contribution is -2.29.